The van der Waals surface area contributed by atoms with Gasteiger partial charge in [-0.15, -0.1) is 0 Å². The number of aromatic carboxylic acids is 1. The number of hydrogen-bond donors (Lipinski definition) is 1. The molecule has 1 N–H and O–H groups in total. The summed E-state index contributed by atoms with van der Waals surface area (Å²) in [5.41, 5.74) is -0.0136. The molecule has 0 bridgehead atoms. The van der Waals surface area contributed by atoms with Crippen LogP contribution >= 0.6 is 7.91 Å². The molecule has 0 amide bonds. The molecule has 0 saturated carbocycles. The van der Waals surface area contributed by atoms with Crippen molar-refractivity contribution in [1.82, 2.24) is 0 Å². The average Bonchev–Trinajstić information content (AvgIpc) is 2.17. The van der Waals surface area contributed by atoms with Crippen LogP contribution in [0, 0.1) is 0 Å². The van der Waals surface area contributed by atoms with E-state index in [-0.39, 0.29) is 17.1 Å². The van der Waals surface area contributed by atoms with Crippen LogP contribution in [0.1, 0.15) is 10.4 Å². The second-order valence-electron chi connectivity index (χ2n) is 2.49. The van der Waals surface area contributed by atoms with Crippen molar-refractivity contribution in [2.45, 2.75) is 0 Å². The van der Waals surface area contributed by atoms with E-state index >= 15 is 0 Å². The molecule has 6 nitrogen and oxygen atoms in total. The zero-order chi connectivity index (χ0) is 11.4. The summed E-state index contributed by atoms with van der Waals surface area (Å²) in [5.74, 6) is -1.13. The number of carbonyl (C=O) groups is 1. The predicted molar refractivity (Wildman–Crippen MR) is 48.9 cm³/mol. The SMILES string of the molecule is COc1cc(C(=O)O)ccc1OP(=O)=O. The summed E-state index contributed by atoms with van der Waals surface area (Å²) < 4.78 is 29.8. The van der Waals surface area contributed by atoms with E-state index in [1.807, 2.05) is 0 Å². The molecule has 1 rings (SSSR count). The summed E-state index contributed by atoms with van der Waals surface area (Å²) in [5, 5.41) is 8.66. The molecule has 0 aromatic heterocycles. The Morgan fingerprint density at radius 1 is 1.33 bits per heavy atom. The number of hydrogen-bond acceptors (Lipinski definition) is 5. The van der Waals surface area contributed by atoms with Crippen LogP contribution in [-0.4, -0.2) is 18.2 Å². The van der Waals surface area contributed by atoms with E-state index in [1.54, 1.807) is 0 Å². The van der Waals surface area contributed by atoms with Crippen molar-refractivity contribution >= 4 is 13.9 Å². The van der Waals surface area contributed by atoms with Gasteiger partial charge in [0, 0.05) is 0 Å². The van der Waals surface area contributed by atoms with E-state index in [4.69, 9.17) is 9.84 Å². The number of carboxylic acid groups (broad SMARTS) is 1. The minimum atomic E-state index is -3.05. The molecule has 0 unspecified atom stereocenters. The normalized spacial score (nSPS) is 9.40. The molecular weight excluding hydrogens is 223 g/mol. The Morgan fingerprint density at radius 2 is 2.00 bits per heavy atom. The predicted octanol–water partition coefficient (Wildman–Crippen LogP) is 1.86. The summed E-state index contributed by atoms with van der Waals surface area (Å²) in [4.78, 5) is 10.6. The molecule has 15 heavy (non-hydrogen) atoms. The van der Waals surface area contributed by atoms with E-state index < -0.39 is 13.9 Å². The minimum Gasteiger partial charge on any atom is -0.493 e. The maximum absolute atomic E-state index is 10.6. The lowest BCUT2D eigenvalue weighted by atomic mass is 10.2. The van der Waals surface area contributed by atoms with Crippen LogP contribution in [0.4, 0.5) is 0 Å². The average molecular weight is 230 g/mol. The van der Waals surface area contributed by atoms with Gasteiger partial charge in [-0.25, -0.2) is 4.79 Å². The molecule has 80 valence electrons. The van der Waals surface area contributed by atoms with Gasteiger partial charge in [0.15, 0.2) is 11.5 Å². The number of rotatable bonds is 4. The highest BCUT2D eigenvalue weighted by molar-refractivity contribution is 7.25. The summed E-state index contributed by atoms with van der Waals surface area (Å²) in [6, 6.07) is 3.61. The standard InChI is InChI=1S/C8H7O6P/c1-13-7-4-5(8(9)10)2-3-6(7)14-15(11)12/h2-4H,1H3,(H,9,10). The van der Waals surface area contributed by atoms with Gasteiger partial charge in [0.05, 0.1) is 12.7 Å². The van der Waals surface area contributed by atoms with Crippen LogP contribution in [0.15, 0.2) is 18.2 Å². The van der Waals surface area contributed by atoms with Crippen molar-refractivity contribution in [3.63, 3.8) is 0 Å². The molecule has 0 heterocycles. The molecule has 0 spiro atoms. The van der Waals surface area contributed by atoms with E-state index in [9.17, 15) is 13.9 Å². The molecular formula is C8H7O6P. The molecule has 1 aromatic carbocycles. The van der Waals surface area contributed by atoms with Crippen LogP contribution in [0.25, 0.3) is 0 Å². The molecule has 1 aromatic rings. The maximum Gasteiger partial charge on any atom is 0.529 e. The van der Waals surface area contributed by atoms with Crippen molar-refractivity contribution in [1.29, 1.82) is 0 Å². The first-order valence-corrected chi connectivity index (χ1v) is 4.88. The first-order chi connectivity index (χ1) is 7.04. The van der Waals surface area contributed by atoms with Crippen molar-refractivity contribution < 1.29 is 28.3 Å². The van der Waals surface area contributed by atoms with Crippen LogP contribution in [0.5, 0.6) is 11.5 Å². The van der Waals surface area contributed by atoms with Gasteiger partial charge in [-0.3, -0.25) is 0 Å². The first kappa shape index (κ1) is 11.3. The lowest BCUT2D eigenvalue weighted by Crippen LogP contribution is -1.97. The zero-order valence-electron chi connectivity index (χ0n) is 7.67. The fourth-order valence-corrected chi connectivity index (χ4v) is 1.27. The largest absolute Gasteiger partial charge is 0.529 e. The molecule has 7 heteroatoms. The molecule has 0 saturated heterocycles. The highest BCUT2D eigenvalue weighted by Gasteiger charge is 2.11. The summed E-state index contributed by atoms with van der Waals surface area (Å²) in [6.07, 6.45) is 0. The number of benzene rings is 1. The van der Waals surface area contributed by atoms with Gasteiger partial charge in [-0.05, 0) is 18.2 Å². The van der Waals surface area contributed by atoms with Crippen LogP contribution in [0.2, 0.25) is 0 Å². The monoisotopic (exact) mass is 230 g/mol. The first-order valence-electron chi connectivity index (χ1n) is 3.78. The molecule has 0 atom stereocenters. The van der Waals surface area contributed by atoms with Crippen LogP contribution in [0.3, 0.4) is 0 Å². The van der Waals surface area contributed by atoms with E-state index in [1.165, 1.54) is 25.3 Å². The van der Waals surface area contributed by atoms with Gasteiger partial charge >= 0.3 is 13.9 Å². The van der Waals surface area contributed by atoms with Gasteiger partial charge < -0.3 is 14.4 Å². The Hall–Kier alpha value is -1.81. The molecule has 0 radical (unpaired) electrons. The lowest BCUT2D eigenvalue weighted by Gasteiger charge is -2.05. The van der Waals surface area contributed by atoms with Crippen LogP contribution < -0.4 is 9.26 Å². The second kappa shape index (κ2) is 4.61. The van der Waals surface area contributed by atoms with Crippen LogP contribution in [-0.2, 0) is 9.13 Å². The van der Waals surface area contributed by atoms with Gasteiger partial charge in [-0.2, -0.15) is 9.13 Å². The topological polar surface area (TPSA) is 89.9 Å². The van der Waals surface area contributed by atoms with Gasteiger partial charge in [0.25, 0.3) is 0 Å². The number of methoxy groups -OCH3 is 1. The number of carboxylic acids is 1. The second-order valence-corrected chi connectivity index (χ2v) is 3.12. The minimum absolute atomic E-state index is 0.0136. The molecule has 0 aliphatic heterocycles. The Labute approximate surface area is 85.3 Å². The van der Waals surface area contributed by atoms with Gasteiger partial charge in [0.2, 0.25) is 0 Å². The zero-order valence-corrected chi connectivity index (χ0v) is 8.56. The smallest absolute Gasteiger partial charge is 0.493 e. The number of ether oxygens (including phenoxy) is 1. The Balaban J connectivity index is 3.14. The summed E-state index contributed by atoms with van der Waals surface area (Å²) >= 11 is 0. The third-order valence-corrected chi connectivity index (χ3v) is 1.93. The van der Waals surface area contributed by atoms with E-state index in [2.05, 4.69) is 4.52 Å². The highest BCUT2D eigenvalue weighted by Crippen LogP contribution is 2.31. The Morgan fingerprint density at radius 3 is 2.47 bits per heavy atom. The Kier molecular flexibility index (Phi) is 3.46. The fraction of sp³-hybridized carbons (Fsp3) is 0.125. The van der Waals surface area contributed by atoms with E-state index in [0.717, 1.165) is 0 Å². The lowest BCUT2D eigenvalue weighted by molar-refractivity contribution is 0.0696. The summed E-state index contributed by atoms with van der Waals surface area (Å²) in [7, 11) is -1.77. The molecule has 0 fully saturated rings. The van der Waals surface area contributed by atoms with Crippen molar-refractivity contribution in [3.05, 3.63) is 23.8 Å². The van der Waals surface area contributed by atoms with Crippen molar-refractivity contribution in [3.8, 4) is 11.5 Å². The molecule has 0 aliphatic rings. The quantitative estimate of drug-likeness (QED) is 0.794. The third-order valence-electron chi connectivity index (χ3n) is 1.58. The van der Waals surface area contributed by atoms with Crippen molar-refractivity contribution in [2.75, 3.05) is 7.11 Å². The molecule has 0 aliphatic carbocycles. The Bertz CT molecular complexity index is 442. The summed E-state index contributed by atoms with van der Waals surface area (Å²) in [6.45, 7) is 0. The maximum atomic E-state index is 10.6. The third kappa shape index (κ3) is 2.82. The highest BCUT2D eigenvalue weighted by atomic mass is 31.1. The van der Waals surface area contributed by atoms with Gasteiger partial charge in [-0.1, -0.05) is 0 Å². The fourth-order valence-electron chi connectivity index (χ4n) is 0.956. The van der Waals surface area contributed by atoms with Gasteiger partial charge in [0.1, 0.15) is 0 Å². The van der Waals surface area contributed by atoms with Crippen molar-refractivity contribution in [2.24, 2.45) is 0 Å². The van der Waals surface area contributed by atoms with E-state index in [0.29, 0.717) is 0 Å².